The van der Waals surface area contributed by atoms with E-state index in [4.69, 9.17) is 4.98 Å². The van der Waals surface area contributed by atoms with Crippen molar-refractivity contribution >= 4 is 43.7 Å². The fourth-order valence-electron chi connectivity index (χ4n) is 3.36. The fourth-order valence-corrected chi connectivity index (χ4v) is 3.99. The topological polar surface area (TPSA) is 89.2 Å². The third-order valence-corrected chi connectivity index (χ3v) is 5.36. The van der Waals surface area contributed by atoms with Gasteiger partial charge in [0.25, 0.3) is 0 Å². The van der Waals surface area contributed by atoms with Crippen molar-refractivity contribution in [2.24, 2.45) is 4.36 Å². The number of Topliss-reactive ketones (excluding diaryl/α,β-unsaturated/α-hetero) is 1. The summed E-state index contributed by atoms with van der Waals surface area (Å²) in [7, 11) is -2.21. The fraction of sp³-hybridized carbons (Fsp3) is 0.174. The molecule has 0 radical (unpaired) electrons. The zero-order valence-corrected chi connectivity index (χ0v) is 18.6. The minimum absolute atomic E-state index is 0.00797. The molecule has 8 heteroatoms. The van der Waals surface area contributed by atoms with E-state index in [1.165, 1.54) is 0 Å². The third-order valence-electron chi connectivity index (χ3n) is 4.71. The van der Waals surface area contributed by atoms with Gasteiger partial charge in [0, 0.05) is 56.8 Å². The number of hydrogen-bond acceptors (Lipinski definition) is 6. The van der Waals surface area contributed by atoms with Crippen LogP contribution in [-0.2, 0) is 9.73 Å². The maximum Gasteiger partial charge on any atom is 0.229 e. The van der Waals surface area contributed by atoms with Crippen LogP contribution < -0.4 is 5.32 Å². The van der Waals surface area contributed by atoms with E-state index in [9.17, 15) is 9.00 Å². The molecular formula is C23H23N5O2S. The first kappa shape index (κ1) is 20.7. The molecule has 0 saturated carbocycles. The molecule has 158 valence electrons. The lowest BCUT2D eigenvalue weighted by Gasteiger charge is -2.11. The first-order valence-corrected chi connectivity index (χ1v) is 12.0. The predicted molar refractivity (Wildman–Crippen MR) is 125 cm³/mol. The lowest BCUT2D eigenvalue weighted by atomic mass is 10.1. The SMILES string of the molecule is CC(=O)c1cn(-c2nc(Nc3ccc(N=S(C)(C)=O)cc3)ncc2C)c2ccccc12. The average Bonchev–Trinajstić information content (AvgIpc) is 3.10. The molecule has 0 aliphatic heterocycles. The Morgan fingerprint density at radius 3 is 2.48 bits per heavy atom. The van der Waals surface area contributed by atoms with E-state index in [1.807, 2.05) is 54.1 Å². The number of nitrogens with one attached hydrogen (secondary N) is 1. The second-order valence-electron chi connectivity index (χ2n) is 7.63. The molecule has 4 aromatic rings. The highest BCUT2D eigenvalue weighted by molar-refractivity contribution is 7.92. The quantitative estimate of drug-likeness (QED) is 0.446. The number of aryl methyl sites for hydroxylation is 1. The number of rotatable bonds is 5. The maximum atomic E-state index is 12.1. The summed E-state index contributed by atoms with van der Waals surface area (Å²) in [5.74, 6) is 1.14. The van der Waals surface area contributed by atoms with E-state index < -0.39 is 9.73 Å². The number of benzene rings is 2. The largest absolute Gasteiger partial charge is 0.324 e. The molecule has 0 saturated heterocycles. The number of carbonyl (C=O) groups is 1. The van der Waals surface area contributed by atoms with E-state index in [0.717, 1.165) is 22.2 Å². The molecule has 0 atom stereocenters. The molecule has 2 aromatic carbocycles. The summed E-state index contributed by atoms with van der Waals surface area (Å²) in [6.07, 6.45) is 6.78. The van der Waals surface area contributed by atoms with Gasteiger partial charge in [-0.1, -0.05) is 18.2 Å². The second-order valence-corrected chi connectivity index (χ2v) is 10.2. The van der Waals surface area contributed by atoms with Crippen molar-refractivity contribution < 1.29 is 9.00 Å². The van der Waals surface area contributed by atoms with Crippen LogP contribution >= 0.6 is 0 Å². The lowest BCUT2D eigenvalue weighted by molar-refractivity contribution is 0.101. The van der Waals surface area contributed by atoms with Gasteiger partial charge in [-0.3, -0.25) is 4.79 Å². The summed E-state index contributed by atoms with van der Waals surface area (Å²) < 4.78 is 18.0. The zero-order chi connectivity index (χ0) is 22.2. The van der Waals surface area contributed by atoms with E-state index >= 15 is 0 Å². The number of anilines is 2. The molecule has 0 unspecified atom stereocenters. The summed E-state index contributed by atoms with van der Waals surface area (Å²) in [6, 6.07) is 15.0. The van der Waals surface area contributed by atoms with Gasteiger partial charge in [0.05, 0.1) is 11.2 Å². The van der Waals surface area contributed by atoms with E-state index in [-0.39, 0.29) is 5.78 Å². The molecular weight excluding hydrogens is 410 g/mol. The third kappa shape index (κ3) is 4.49. The molecule has 2 heterocycles. The van der Waals surface area contributed by atoms with Crippen molar-refractivity contribution in [3.05, 3.63) is 72.1 Å². The van der Waals surface area contributed by atoms with E-state index in [2.05, 4.69) is 14.7 Å². The number of ketones is 1. The standard InChI is InChI=1S/C23H23N5O2S/c1-15-13-24-23(25-17-9-11-18(12-10-17)27-31(3,4)30)26-22(15)28-14-20(16(2)29)19-7-5-6-8-21(19)28/h5-14H,1-4H3,(H,24,25,26). The summed E-state index contributed by atoms with van der Waals surface area (Å²) in [4.78, 5) is 21.2. The Labute approximate surface area is 181 Å². The number of nitrogens with zero attached hydrogens (tertiary/aromatic N) is 4. The van der Waals surface area contributed by atoms with Crippen molar-refractivity contribution in [3.8, 4) is 5.82 Å². The van der Waals surface area contributed by atoms with Gasteiger partial charge >= 0.3 is 0 Å². The molecule has 4 rings (SSSR count). The Bertz CT molecular complexity index is 1410. The molecule has 7 nitrogen and oxygen atoms in total. The van der Waals surface area contributed by atoms with Crippen LogP contribution in [0.3, 0.4) is 0 Å². The van der Waals surface area contributed by atoms with Crippen LogP contribution in [0.5, 0.6) is 0 Å². The van der Waals surface area contributed by atoms with E-state index in [1.54, 1.807) is 37.8 Å². The number of carbonyl (C=O) groups excluding carboxylic acids is 1. The highest BCUT2D eigenvalue weighted by Crippen LogP contribution is 2.27. The Morgan fingerprint density at radius 1 is 1.10 bits per heavy atom. The Balaban J connectivity index is 1.71. The Kier molecular flexibility index (Phi) is 5.32. The van der Waals surface area contributed by atoms with Crippen molar-refractivity contribution in [3.63, 3.8) is 0 Å². The van der Waals surface area contributed by atoms with Gasteiger partial charge in [-0.25, -0.2) is 9.19 Å². The van der Waals surface area contributed by atoms with Gasteiger partial charge < -0.3 is 9.88 Å². The smallest absolute Gasteiger partial charge is 0.229 e. The van der Waals surface area contributed by atoms with Gasteiger partial charge in [-0.05, 0) is 44.2 Å². The highest BCUT2D eigenvalue weighted by atomic mass is 32.2. The molecule has 0 spiro atoms. The van der Waals surface area contributed by atoms with Crippen molar-refractivity contribution in [1.82, 2.24) is 14.5 Å². The molecule has 0 amide bonds. The van der Waals surface area contributed by atoms with Gasteiger partial charge in [0.15, 0.2) is 5.78 Å². The molecule has 0 aliphatic carbocycles. The van der Waals surface area contributed by atoms with Crippen LogP contribution in [0.2, 0.25) is 0 Å². The van der Waals surface area contributed by atoms with Gasteiger partial charge in [-0.15, -0.1) is 0 Å². The van der Waals surface area contributed by atoms with Crippen molar-refractivity contribution in [2.75, 3.05) is 17.8 Å². The Morgan fingerprint density at radius 2 is 1.81 bits per heavy atom. The minimum atomic E-state index is -2.21. The number of hydrogen-bond donors (Lipinski definition) is 1. The molecule has 0 aliphatic rings. The zero-order valence-electron chi connectivity index (χ0n) is 17.8. The first-order valence-electron chi connectivity index (χ1n) is 9.70. The highest BCUT2D eigenvalue weighted by Gasteiger charge is 2.15. The molecule has 2 aromatic heterocycles. The predicted octanol–water partition coefficient (Wildman–Crippen LogP) is 5.03. The molecule has 31 heavy (non-hydrogen) atoms. The maximum absolute atomic E-state index is 12.1. The van der Waals surface area contributed by atoms with Crippen LogP contribution in [-0.4, -0.2) is 37.0 Å². The van der Waals surface area contributed by atoms with Crippen molar-refractivity contribution in [2.45, 2.75) is 13.8 Å². The monoisotopic (exact) mass is 433 g/mol. The lowest BCUT2D eigenvalue weighted by Crippen LogP contribution is -2.05. The molecule has 0 fully saturated rings. The van der Waals surface area contributed by atoms with Crippen LogP contribution in [0.1, 0.15) is 22.8 Å². The van der Waals surface area contributed by atoms with Gasteiger partial charge in [-0.2, -0.15) is 9.35 Å². The van der Waals surface area contributed by atoms with Crippen LogP contribution in [0.4, 0.5) is 17.3 Å². The Hall–Kier alpha value is -3.52. The average molecular weight is 434 g/mol. The van der Waals surface area contributed by atoms with Crippen LogP contribution in [0, 0.1) is 6.92 Å². The number of aromatic nitrogens is 3. The summed E-state index contributed by atoms with van der Waals surface area (Å²) >= 11 is 0. The number of fused-ring (bicyclic) bond motifs is 1. The normalized spacial score (nSPS) is 11.5. The van der Waals surface area contributed by atoms with Crippen LogP contribution in [0.15, 0.2) is 65.3 Å². The summed E-state index contributed by atoms with van der Waals surface area (Å²) in [5, 5.41) is 4.09. The molecule has 0 bridgehead atoms. The van der Waals surface area contributed by atoms with Crippen molar-refractivity contribution in [1.29, 1.82) is 0 Å². The van der Waals surface area contributed by atoms with Gasteiger partial charge in [0.1, 0.15) is 5.82 Å². The summed E-state index contributed by atoms with van der Waals surface area (Å²) in [6.45, 7) is 3.50. The number of para-hydroxylation sites is 1. The minimum Gasteiger partial charge on any atom is -0.324 e. The molecule has 1 N–H and O–H groups in total. The van der Waals surface area contributed by atoms with Gasteiger partial charge in [0.2, 0.25) is 5.95 Å². The van der Waals surface area contributed by atoms with E-state index in [0.29, 0.717) is 23.0 Å². The second kappa shape index (κ2) is 7.96. The first-order chi connectivity index (χ1) is 14.7. The van der Waals surface area contributed by atoms with Crippen LogP contribution in [0.25, 0.3) is 16.7 Å². The summed E-state index contributed by atoms with van der Waals surface area (Å²) in [5.41, 5.74) is 3.90.